The van der Waals surface area contributed by atoms with E-state index in [9.17, 15) is 9.90 Å². The molecule has 21 heavy (non-hydrogen) atoms. The van der Waals surface area contributed by atoms with Crippen LogP contribution in [0.1, 0.15) is 48.8 Å². The van der Waals surface area contributed by atoms with Gasteiger partial charge in [-0.1, -0.05) is 51.1 Å². The summed E-state index contributed by atoms with van der Waals surface area (Å²) in [7, 11) is 0. The number of aliphatic hydroxyl groups excluding tert-OH is 1. The maximum absolute atomic E-state index is 12.2. The van der Waals surface area contributed by atoms with Crippen molar-refractivity contribution in [3.63, 3.8) is 0 Å². The molecule has 0 saturated carbocycles. The van der Waals surface area contributed by atoms with E-state index >= 15 is 0 Å². The van der Waals surface area contributed by atoms with Gasteiger partial charge < -0.3 is 10.4 Å². The number of aromatic amines is 1. The molecule has 112 valence electrons. The molecule has 6 heteroatoms. The lowest BCUT2D eigenvalue weighted by Crippen LogP contribution is -2.31. The van der Waals surface area contributed by atoms with E-state index < -0.39 is 11.9 Å². The van der Waals surface area contributed by atoms with Gasteiger partial charge in [0.15, 0.2) is 0 Å². The van der Waals surface area contributed by atoms with Crippen molar-refractivity contribution in [3.05, 3.63) is 47.5 Å². The molecule has 3 N–H and O–H groups in total. The average Bonchev–Trinajstić information content (AvgIpc) is 2.95. The van der Waals surface area contributed by atoms with E-state index in [1.165, 1.54) is 0 Å². The number of benzene rings is 1. The van der Waals surface area contributed by atoms with E-state index in [4.69, 9.17) is 0 Å². The number of aliphatic hydroxyl groups is 1. The second-order valence-corrected chi connectivity index (χ2v) is 5.88. The third-order valence-electron chi connectivity index (χ3n) is 3.09. The largest absolute Gasteiger partial charge is 0.394 e. The number of hydrogen-bond acceptors (Lipinski definition) is 4. The van der Waals surface area contributed by atoms with Crippen LogP contribution in [-0.4, -0.2) is 32.8 Å². The van der Waals surface area contributed by atoms with E-state index in [2.05, 4.69) is 20.5 Å². The first-order chi connectivity index (χ1) is 9.91. The number of aromatic nitrogens is 3. The van der Waals surface area contributed by atoms with Crippen LogP contribution in [0.25, 0.3) is 0 Å². The number of amides is 1. The van der Waals surface area contributed by atoms with Crippen LogP contribution in [-0.2, 0) is 5.41 Å². The summed E-state index contributed by atoms with van der Waals surface area (Å²) in [6.07, 6.45) is 0. The van der Waals surface area contributed by atoms with Crippen LogP contribution >= 0.6 is 0 Å². The Kier molecular flexibility index (Phi) is 4.37. The fourth-order valence-corrected chi connectivity index (χ4v) is 1.84. The summed E-state index contributed by atoms with van der Waals surface area (Å²) < 4.78 is 0. The van der Waals surface area contributed by atoms with Crippen LogP contribution in [0.2, 0.25) is 0 Å². The van der Waals surface area contributed by atoms with Crippen molar-refractivity contribution in [1.82, 2.24) is 20.5 Å². The number of carbonyl (C=O) groups is 1. The molecule has 1 heterocycles. The van der Waals surface area contributed by atoms with Gasteiger partial charge in [-0.15, -0.1) is 5.10 Å². The first-order valence-corrected chi connectivity index (χ1v) is 6.81. The van der Waals surface area contributed by atoms with Crippen LogP contribution in [0.3, 0.4) is 0 Å². The normalized spacial score (nSPS) is 13.0. The maximum Gasteiger partial charge on any atom is 0.291 e. The third-order valence-corrected chi connectivity index (χ3v) is 3.09. The van der Waals surface area contributed by atoms with Gasteiger partial charge >= 0.3 is 0 Å². The highest BCUT2D eigenvalue weighted by atomic mass is 16.3. The average molecular weight is 288 g/mol. The molecule has 0 aliphatic rings. The minimum atomic E-state index is -0.477. The zero-order chi connectivity index (χ0) is 15.5. The minimum Gasteiger partial charge on any atom is -0.394 e. The van der Waals surface area contributed by atoms with E-state index in [0.717, 1.165) is 5.56 Å². The summed E-state index contributed by atoms with van der Waals surface area (Å²) in [5, 5.41) is 18.9. The topological polar surface area (TPSA) is 90.9 Å². The van der Waals surface area contributed by atoms with Crippen molar-refractivity contribution >= 4 is 5.91 Å². The molecule has 0 saturated heterocycles. The van der Waals surface area contributed by atoms with Gasteiger partial charge in [-0.25, -0.2) is 4.98 Å². The summed E-state index contributed by atoms with van der Waals surface area (Å²) in [5.41, 5.74) is 0.626. The van der Waals surface area contributed by atoms with E-state index in [-0.39, 0.29) is 17.8 Å². The number of hydrogen-bond donors (Lipinski definition) is 3. The van der Waals surface area contributed by atoms with E-state index in [1.54, 1.807) is 0 Å². The van der Waals surface area contributed by atoms with Crippen molar-refractivity contribution in [2.45, 2.75) is 32.2 Å². The molecule has 2 aromatic rings. The van der Waals surface area contributed by atoms with Gasteiger partial charge in [-0.2, -0.15) is 0 Å². The standard InChI is InChI=1S/C15H20N4O2/c1-15(2,3)14-17-12(18-19-14)13(21)16-11(9-20)10-7-5-4-6-8-10/h4-8,11,20H,9H2,1-3H3,(H,16,21)(H,17,18,19)/t11-/m0/s1. The van der Waals surface area contributed by atoms with Crippen LogP contribution in [0.5, 0.6) is 0 Å². The van der Waals surface area contributed by atoms with Gasteiger partial charge in [0.05, 0.1) is 12.6 Å². The molecule has 0 unspecified atom stereocenters. The van der Waals surface area contributed by atoms with Crippen LogP contribution in [0, 0.1) is 0 Å². The summed E-state index contributed by atoms with van der Waals surface area (Å²) in [6.45, 7) is 5.76. The summed E-state index contributed by atoms with van der Waals surface area (Å²) >= 11 is 0. The molecule has 0 spiro atoms. The van der Waals surface area contributed by atoms with Gasteiger partial charge in [0.2, 0.25) is 5.82 Å². The molecule has 6 nitrogen and oxygen atoms in total. The molecule has 2 rings (SSSR count). The number of H-pyrrole nitrogens is 1. The Morgan fingerprint density at radius 1 is 1.33 bits per heavy atom. The summed E-state index contributed by atoms with van der Waals surface area (Å²) in [4.78, 5) is 16.4. The van der Waals surface area contributed by atoms with Crippen molar-refractivity contribution in [3.8, 4) is 0 Å². The highest BCUT2D eigenvalue weighted by Crippen LogP contribution is 2.17. The van der Waals surface area contributed by atoms with Crippen molar-refractivity contribution < 1.29 is 9.90 Å². The molecule has 0 bridgehead atoms. The van der Waals surface area contributed by atoms with E-state index in [0.29, 0.717) is 5.82 Å². The predicted molar refractivity (Wildman–Crippen MR) is 78.8 cm³/mol. The molecule has 1 aromatic heterocycles. The molecular weight excluding hydrogens is 268 g/mol. The summed E-state index contributed by atoms with van der Waals surface area (Å²) in [5.74, 6) is 0.312. The highest BCUT2D eigenvalue weighted by molar-refractivity contribution is 5.90. The molecule has 1 atom stereocenters. The molecule has 0 radical (unpaired) electrons. The van der Waals surface area contributed by atoms with Gasteiger partial charge in [0.25, 0.3) is 5.91 Å². The van der Waals surface area contributed by atoms with E-state index in [1.807, 2.05) is 51.1 Å². The second-order valence-electron chi connectivity index (χ2n) is 5.88. The van der Waals surface area contributed by atoms with Crippen molar-refractivity contribution in [2.24, 2.45) is 0 Å². The highest BCUT2D eigenvalue weighted by Gasteiger charge is 2.22. The summed E-state index contributed by atoms with van der Waals surface area (Å²) in [6, 6.07) is 8.81. The Bertz CT molecular complexity index is 602. The first-order valence-electron chi connectivity index (χ1n) is 6.81. The van der Waals surface area contributed by atoms with Gasteiger partial charge in [0.1, 0.15) is 5.82 Å². The Labute approximate surface area is 123 Å². The molecule has 0 aliphatic carbocycles. The zero-order valence-electron chi connectivity index (χ0n) is 12.4. The van der Waals surface area contributed by atoms with Crippen molar-refractivity contribution in [2.75, 3.05) is 6.61 Å². The second kappa shape index (κ2) is 6.05. The first kappa shape index (κ1) is 15.2. The monoisotopic (exact) mass is 288 g/mol. The van der Waals surface area contributed by atoms with Gasteiger partial charge in [-0.3, -0.25) is 9.89 Å². The quantitative estimate of drug-likeness (QED) is 0.796. The Balaban J connectivity index is 2.12. The smallest absolute Gasteiger partial charge is 0.291 e. The Hall–Kier alpha value is -2.21. The molecular formula is C15H20N4O2. The third kappa shape index (κ3) is 3.66. The molecule has 1 amide bonds. The maximum atomic E-state index is 12.2. The molecule has 1 aromatic carbocycles. The minimum absolute atomic E-state index is 0.0781. The SMILES string of the molecule is CC(C)(C)c1nc(C(=O)N[C@@H](CO)c2ccccc2)n[nH]1. The number of nitrogens with zero attached hydrogens (tertiary/aromatic N) is 2. The van der Waals surface area contributed by atoms with Crippen LogP contribution in [0.15, 0.2) is 30.3 Å². The molecule has 0 aliphatic heterocycles. The Morgan fingerprint density at radius 2 is 2.00 bits per heavy atom. The fourth-order valence-electron chi connectivity index (χ4n) is 1.84. The molecule has 0 fully saturated rings. The van der Waals surface area contributed by atoms with Gasteiger partial charge in [0, 0.05) is 5.41 Å². The predicted octanol–water partition coefficient (Wildman–Crippen LogP) is 1.57. The lowest BCUT2D eigenvalue weighted by molar-refractivity contribution is 0.0906. The number of rotatable bonds is 4. The Morgan fingerprint density at radius 3 is 2.52 bits per heavy atom. The lowest BCUT2D eigenvalue weighted by atomic mass is 9.96. The number of carbonyl (C=O) groups excluding carboxylic acids is 1. The van der Waals surface area contributed by atoms with Crippen molar-refractivity contribution in [1.29, 1.82) is 0 Å². The van der Waals surface area contributed by atoms with Crippen LogP contribution < -0.4 is 5.32 Å². The fraction of sp³-hybridized carbons (Fsp3) is 0.400. The lowest BCUT2D eigenvalue weighted by Gasteiger charge is -2.15. The number of nitrogens with one attached hydrogen (secondary N) is 2. The zero-order valence-corrected chi connectivity index (χ0v) is 12.4. The van der Waals surface area contributed by atoms with Gasteiger partial charge in [-0.05, 0) is 5.56 Å². The van der Waals surface area contributed by atoms with Crippen LogP contribution in [0.4, 0.5) is 0 Å².